The monoisotopic (exact) mass is 372 g/mol. The van der Waals surface area contributed by atoms with Crippen LogP contribution in [-0.4, -0.2) is 45.7 Å². The second kappa shape index (κ2) is 6.22. The molecule has 0 fully saturated rings. The average molecular weight is 372 g/mol. The predicted molar refractivity (Wildman–Crippen MR) is 96.1 cm³/mol. The molecule has 7 nitrogen and oxygen atoms in total. The van der Waals surface area contributed by atoms with Crippen molar-refractivity contribution in [3.8, 4) is 5.75 Å². The number of amides is 1. The van der Waals surface area contributed by atoms with Crippen molar-refractivity contribution in [1.82, 2.24) is 0 Å². The Kier molecular flexibility index (Phi) is 4.01. The van der Waals surface area contributed by atoms with E-state index in [1.54, 1.807) is 6.07 Å². The van der Waals surface area contributed by atoms with E-state index >= 15 is 0 Å². The fraction of sp³-hybridized carbons (Fsp3) is 0.222. The summed E-state index contributed by atoms with van der Waals surface area (Å²) in [5, 5.41) is 0. The number of carbonyl (C=O) groups is 1. The highest BCUT2D eigenvalue weighted by molar-refractivity contribution is 7.86. The molecule has 0 aromatic heterocycles. The largest absolute Gasteiger partial charge is 0.490 e. The molecule has 2 aromatic rings. The van der Waals surface area contributed by atoms with Crippen LogP contribution in [0.4, 0.5) is 5.69 Å². The first-order valence-electron chi connectivity index (χ1n) is 8.03. The van der Waals surface area contributed by atoms with Gasteiger partial charge in [-0.1, -0.05) is 42.5 Å². The molecule has 1 unspecified atom stereocenters. The Hall–Kier alpha value is -2.71. The summed E-state index contributed by atoms with van der Waals surface area (Å²) in [5.74, 6) is 0.0316. The third-order valence-corrected chi connectivity index (χ3v) is 4.67. The van der Waals surface area contributed by atoms with Crippen molar-refractivity contribution in [2.24, 2.45) is 4.99 Å². The summed E-state index contributed by atoms with van der Waals surface area (Å²) in [5.41, 5.74) is 2.52. The van der Waals surface area contributed by atoms with Crippen LogP contribution in [0.3, 0.4) is 0 Å². The smallest absolute Gasteiger partial charge is 0.280 e. The van der Waals surface area contributed by atoms with Crippen LogP contribution in [0.5, 0.6) is 5.75 Å². The first kappa shape index (κ1) is 16.7. The van der Waals surface area contributed by atoms with Gasteiger partial charge in [0.15, 0.2) is 0 Å². The van der Waals surface area contributed by atoms with Gasteiger partial charge >= 0.3 is 0 Å². The summed E-state index contributed by atoms with van der Waals surface area (Å²) in [6, 6.07) is 14.7. The Morgan fingerprint density at radius 1 is 1.15 bits per heavy atom. The van der Waals surface area contributed by atoms with Crippen molar-refractivity contribution in [2.45, 2.75) is 6.23 Å². The van der Waals surface area contributed by atoms with E-state index in [9.17, 15) is 13.2 Å². The molecule has 26 heavy (non-hydrogen) atoms. The van der Waals surface area contributed by atoms with E-state index in [0.717, 1.165) is 11.8 Å². The molecule has 0 saturated carbocycles. The number of hydrogen-bond donors (Lipinski definition) is 0. The number of carbonyl (C=O) groups excluding carboxylic acids is 1. The summed E-state index contributed by atoms with van der Waals surface area (Å²) in [4.78, 5) is 18.8. The molecular formula is C18H16N2O5S. The minimum Gasteiger partial charge on any atom is -0.490 e. The highest BCUT2D eigenvalue weighted by Gasteiger charge is 2.37. The zero-order valence-corrected chi connectivity index (χ0v) is 14.8. The number of ether oxygens (including phenoxy) is 1. The van der Waals surface area contributed by atoms with Gasteiger partial charge in [-0.25, -0.2) is 9.18 Å². The van der Waals surface area contributed by atoms with Crippen LogP contribution in [-0.2, 0) is 19.1 Å². The second-order valence-electron chi connectivity index (χ2n) is 5.99. The van der Waals surface area contributed by atoms with Crippen LogP contribution >= 0.6 is 0 Å². The third-order valence-electron chi connectivity index (χ3n) is 4.13. The van der Waals surface area contributed by atoms with Crippen molar-refractivity contribution in [1.29, 1.82) is 0 Å². The molecule has 8 heteroatoms. The summed E-state index contributed by atoms with van der Waals surface area (Å²) < 4.78 is 34.0. The molecule has 2 aliphatic heterocycles. The lowest BCUT2D eigenvalue weighted by Gasteiger charge is -2.30. The topological polar surface area (TPSA) is 85.3 Å². The minimum atomic E-state index is -3.88. The molecule has 0 N–H and O–H groups in total. The Bertz CT molecular complexity index is 1000. The Balaban J connectivity index is 1.96. The Morgan fingerprint density at radius 2 is 1.92 bits per heavy atom. The fourth-order valence-corrected chi connectivity index (χ4v) is 3.57. The van der Waals surface area contributed by atoms with Crippen molar-refractivity contribution < 1.29 is 22.1 Å². The standard InChI is InChI=1S/C18H16N2O5S/c1-26(22,23)25-17-18(21)20-10-11-24-14-9-5-8-13(16(14)20)15(19-17)12-6-3-2-4-7-12/h2-9,17H,10-11H2,1H3. The van der Waals surface area contributed by atoms with Gasteiger partial charge in [0.25, 0.3) is 16.0 Å². The molecule has 134 valence electrons. The quantitative estimate of drug-likeness (QED) is 0.764. The summed E-state index contributed by atoms with van der Waals surface area (Å²) in [7, 11) is -3.88. The van der Waals surface area contributed by atoms with Gasteiger partial charge < -0.3 is 9.64 Å². The first-order chi connectivity index (χ1) is 12.4. The van der Waals surface area contributed by atoms with Crippen molar-refractivity contribution in [3.05, 3.63) is 59.7 Å². The average Bonchev–Trinajstić information content (AvgIpc) is 2.73. The summed E-state index contributed by atoms with van der Waals surface area (Å²) in [6.45, 7) is 0.610. The predicted octanol–water partition coefficient (Wildman–Crippen LogP) is 1.57. The molecule has 0 radical (unpaired) electrons. The van der Waals surface area contributed by atoms with Gasteiger partial charge in [-0.15, -0.1) is 0 Å². The Labute approximate surface area is 151 Å². The lowest BCUT2D eigenvalue weighted by Crippen LogP contribution is -2.44. The van der Waals surface area contributed by atoms with Gasteiger partial charge in [-0.3, -0.25) is 4.79 Å². The molecule has 0 spiro atoms. The number of benzene rings is 2. The summed E-state index contributed by atoms with van der Waals surface area (Å²) >= 11 is 0. The number of aliphatic imine (C=N–C) groups is 1. The third kappa shape index (κ3) is 2.97. The molecule has 0 aliphatic carbocycles. The molecule has 0 bridgehead atoms. The molecule has 1 atom stereocenters. The number of para-hydroxylation sites is 1. The molecule has 4 rings (SSSR count). The van der Waals surface area contributed by atoms with E-state index in [1.165, 1.54) is 4.90 Å². The normalized spacial score (nSPS) is 19.3. The maximum atomic E-state index is 13.0. The van der Waals surface area contributed by atoms with Crippen molar-refractivity contribution in [2.75, 3.05) is 24.3 Å². The van der Waals surface area contributed by atoms with Gasteiger partial charge in [-0.2, -0.15) is 8.42 Å². The van der Waals surface area contributed by atoms with Gasteiger partial charge in [0.1, 0.15) is 12.4 Å². The van der Waals surface area contributed by atoms with E-state index in [2.05, 4.69) is 4.99 Å². The lowest BCUT2D eigenvalue weighted by molar-refractivity contribution is -0.125. The highest BCUT2D eigenvalue weighted by atomic mass is 32.2. The molecule has 0 saturated heterocycles. The molecular weight excluding hydrogens is 356 g/mol. The summed E-state index contributed by atoms with van der Waals surface area (Å²) in [6.07, 6.45) is -0.570. The van der Waals surface area contributed by atoms with Crippen LogP contribution in [0.15, 0.2) is 53.5 Å². The fourth-order valence-electron chi connectivity index (χ4n) is 3.12. The molecule has 2 aliphatic rings. The van der Waals surface area contributed by atoms with Gasteiger partial charge in [0.05, 0.1) is 24.2 Å². The second-order valence-corrected chi connectivity index (χ2v) is 7.59. The van der Waals surface area contributed by atoms with Crippen LogP contribution < -0.4 is 9.64 Å². The van der Waals surface area contributed by atoms with Crippen molar-refractivity contribution in [3.63, 3.8) is 0 Å². The minimum absolute atomic E-state index is 0.296. The van der Waals surface area contributed by atoms with E-state index in [0.29, 0.717) is 35.9 Å². The van der Waals surface area contributed by atoms with Gasteiger partial charge in [0.2, 0.25) is 6.23 Å². The highest BCUT2D eigenvalue weighted by Crippen LogP contribution is 2.38. The zero-order valence-electron chi connectivity index (χ0n) is 14.0. The molecule has 2 heterocycles. The molecule has 2 aromatic carbocycles. The zero-order chi connectivity index (χ0) is 18.3. The molecule has 1 amide bonds. The number of nitrogens with zero attached hydrogens (tertiary/aromatic N) is 2. The van der Waals surface area contributed by atoms with E-state index in [4.69, 9.17) is 8.92 Å². The first-order valence-corrected chi connectivity index (χ1v) is 9.85. The van der Waals surface area contributed by atoms with E-state index < -0.39 is 22.3 Å². The number of anilines is 1. The van der Waals surface area contributed by atoms with E-state index in [-0.39, 0.29) is 0 Å². The maximum absolute atomic E-state index is 13.0. The van der Waals surface area contributed by atoms with Crippen LogP contribution in [0.25, 0.3) is 0 Å². The number of hydrogen-bond acceptors (Lipinski definition) is 6. The van der Waals surface area contributed by atoms with Crippen LogP contribution in [0.1, 0.15) is 11.1 Å². The van der Waals surface area contributed by atoms with Gasteiger partial charge in [-0.05, 0) is 6.07 Å². The Morgan fingerprint density at radius 3 is 2.65 bits per heavy atom. The SMILES string of the molecule is CS(=O)(=O)OC1N=C(c2ccccc2)c2cccc3c2N(CCO3)C1=O. The lowest BCUT2D eigenvalue weighted by atomic mass is 9.99. The van der Waals surface area contributed by atoms with Crippen LogP contribution in [0, 0.1) is 0 Å². The van der Waals surface area contributed by atoms with E-state index in [1.807, 2.05) is 42.5 Å². The van der Waals surface area contributed by atoms with Crippen LogP contribution in [0.2, 0.25) is 0 Å². The van der Waals surface area contributed by atoms with Gasteiger partial charge in [0, 0.05) is 11.1 Å². The maximum Gasteiger partial charge on any atom is 0.280 e. The van der Waals surface area contributed by atoms with Crippen molar-refractivity contribution >= 4 is 27.4 Å². The number of rotatable bonds is 3.